The van der Waals surface area contributed by atoms with Crippen molar-refractivity contribution in [1.29, 1.82) is 0 Å². The zero-order chi connectivity index (χ0) is 20.5. The van der Waals surface area contributed by atoms with Gasteiger partial charge in [0.25, 0.3) is 10.0 Å². The lowest BCUT2D eigenvalue weighted by Gasteiger charge is -2.10. The maximum atomic E-state index is 12.7. The number of carbonyl (C=O) groups is 1. The molecule has 3 rings (SSSR count). The number of hydrogen-bond donors (Lipinski definition) is 2. The molecule has 14 nitrogen and oxygen atoms in total. The monoisotopic (exact) mass is 408 g/mol. The number of anilines is 1. The number of ether oxygens (including phenoxy) is 1. The number of methoxy groups -OCH3 is 1. The predicted octanol–water partition coefficient (Wildman–Crippen LogP) is -0.772. The Labute approximate surface area is 159 Å². The second kappa shape index (κ2) is 7.18. The van der Waals surface area contributed by atoms with Gasteiger partial charge in [0.15, 0.2) is 5.03 Å². The van der Waals surface area contributed by atoms with Gasteiger partial charge in [0.1, 0.15) is 0 Å². The molecule has 0 aliphatic carbocycles. The summed E-state index contributed by atoms with van der Waals surface area (Å²) in [6.07, 6.45) is 1.26. The minimum Gasteiger partial charge on any atom is -0.481 e. The van der Waals surface area contributed by atoms with Crippen LogP contribution in [0.3, 0.4) is 0 Å². The van der Waals surface area contributed by atoms with E-state index in [-0.39, 0.29) is 28.2 Å². The molecule has 3 heterocycles. The topological polar surface area (TPSA) is 172 Å². The maximum absolute atomic E-state index is 12.7. The summed E-state index contributed by atoms with van der Waals surface area (Å²) in [5.41, 5.74) is 0.608. The zero-order valence-electron chi connectivity index (χ0n) is 15.3. The first-order valence-corrected chi connectivity index (χ1v) is 9.18. The first-order chi connectivity index (χ1) is 13.2. The molecule has 0 saturated heterocycles. The number of hydrogen-bond acceptors (Lipinski definition) is 10. The quantitative estimate of drug-likeness (QED) is 0.546. The summed E-state index contributed by atoms with van der Waals surface area (Å²) in [6, 6.07) is 0.488. The molecular formula is C13H16N10O4S. The van der Waals surface area contributed by atoms with E-state index in [0.717, 1.165) is 4.68 Å². The van der Waals surface area contributed by atoms with E-state index in [1.807, 2.05) is 4.72 Å². The number of sulfonamides is 1. The second-order valence-electron chi connectivity index (χ2n) is 5.52. The molecule has 15 heteroatoms. The number of nitrogens with one attached hydrogen (secondary N) is 2. The van der Waals surface area contributed by atoms with E-state index in [1.165, 1.54) is 32.2 Å². The average molecular weight is 408 g/mol. The molecule has 0 unspecified atom stereocenters. The van der Waals surface area contributed by atoms with Gasteiger partial charge in [-0.15, -0.1) is 10.2 Å². The van der Waals surface area contributed by atoms with Gasteiger partial charge in [-0.3, -0.25) is 10.00 Å². The first-order valence-electron chi connectivity index (χ1n) is 7.69. The van der Waals surface area contributed by atoms with Crippen LogP contribution in [-0.4, -0.2) is 61.5 Å². The number of tetrazole rings is 1. The van der Waals surface area contributed by atoms with Crippen LogP contribution in [0.15, 0.2) is 17.3 Å². The van der Waals surface area contributed by atoms with Crippen molar-refractivity contribution in [3.05, 3.63) is 18.0 Å². The van der Waals surface area contributed by atoms with Gasteiger partial charge in [-0.2, -0.15) is 23.3 Å². The van der Waals surface area contributed by atoms with Crippen LogP contribution in [0.2, 0.25) is 0 Å². The summed E-state index contributed by atoms with van der Waals surface area (Å²) >= 11 is 0. The molecular weight excluding hydrogens is 392 g/mol. The smallest absolute Gasteiger partial charge is 0.335 e. The highest BCUT2D eigenvalue weighted by Crippen LogP contribution is 2.23. The number of urea groups is 1. The van der Waals surface area contributed by atoms with Crippen LogP contribution in [0, 0.1) is 6.92 Å². The summed E-state index contributed by atoms with van der Waals surface area (Å²) < 4.78 is 33.4. The second-order valence-corrected chi connectivity index (χ2v) is 7.12. The number of amides is 2. The van der Waals surface area contributed by atoms with E-state index in [2.05, 4.69) is 35.8 Å². The minimum atomic E-state index is -4.33. The minimum absolute atomic E-state index is 0.0446. The molecule has 0 aromatic carbocycles. The van der Waals surface area contributed by atoms with Gasteiger partial charge in [0, 0.05) is 18.8 Å². The largest absolute Gasteiger partial charge is 0.481 e. The van der Waals surface area contributed by atoms with Gasteiger partial charge in [-0.1, -0.05) is 0 Å². The molecule has 2 amide bonds. The van der Waals surface area contributed by atoms with Crippen molar-refractivity contribution in [1.82, 2.24) is 44.7 Å². The normalized spacial score (nSPS) is 11.3. The van der Waals surface area contributed by atoms with Crippen LogP contribution in [0.25, 0.3) is 11.4 Å². The van der Waals surface area contributed by atoms with Gasteiger partial charge in [0.2, 0.25) is 17.7 Å². The van der Waals surface area contributed by atoms with Crippen molar-refractivity contribution in [2.24, 2.45) is 14.1 Å². The highest BCUT2D eigenvalue weighted by atomic mass is 32.2. The number of aromatic nitrogens is 8. The van der Waals surface area contributed by atoms with Crippen molar-refractivity contribution in [3.63, 3.8) is 0 Å². The summed E-state index contributed by atoms with van der Waals surface area (Å²) in [4.78, 5) is 21.3. The van der Waals surface area contributed by atoms with E-state index >= 15 is 0 Å². The van der Waals surface area contributed by atoms with Crippen LogP contribution in [-0.2, 0) is 24.1 Å². The Hall–Kier alpha value is -3.62. The summed E-state index contributed by atoms with van der Waals surface area (Å²) in [5, 5.41) is 17.2. The first kappa shape index (κ1) is 19.2. The van der Waals surface area contributed by atoms with Crippen molar-refractivity contribution < 1.29 is 17.9 Å². The summed E-state index contributed by atoms with van der Waals surface area (Å²) in [5.74, 6) is 0.141. The fourth-order valence-corrected chi connectivity index (χ4v) is 3.51. The predicted molar refractivity (Wildman–Crippen MR) is 93.7 cm³/mol. The Morgan fingerprint density at radius 2 is 2.00 bits per heavy atom. The van der Waals surface area contributed by atoms with Crippen LogP contribution in [0.5, 0.6) is 5.88 Å². The number of carbonyl (C=O) groups excluding carboxylic acids is 1. The maximum Gasteiger partial charge on any atom is 0.335 e. The van der Waals surface area contributed by atoms with Gasteiger partial charge in [-0.25, -0.2) is 14.5 Å². The van der Waals surface area contributed by atoms with Crippen LogP contribution < -0.4 is 14.8 Å². The fraction of sp³-hybridized carbons (Fsp3) is 0.308. The van der Waals surface area contributed by atoms with Crippen molar-refractivity contribution in [2.75, 3.05) is 12.4 Å². The lowest BCUT2D eigenvalue weighted by molar-refractivity contribution is 0.256. The summed E-state index contributed by atoms with van der Waals surface area (Å²) in [7, 11) is 0.00983. The molecule has 3 aromatic heterocycles. The Bertz CT molecular complexity index is 1140. The molecule has 0 saturated carbocycles. The van der Waals surface area contributed by atoms with Gasteiger partial charge in [-0.05, 0) is 12.1 Å². The lowest BCUT2D eigenvalue weighted by Crippen LogP contribution is -2.36. The highest BCUT2D eigenvalue weighted by Gasteiger charge is 2.28. The van der Waals surface area contributed by atoms with E-state index in [0.29, 0.717) is 5.69 Å². The Morgan fingerprint density at radius 1 is 1.25 bits per heavy atom. The van der Waals surface area contributed by atoms with Gasteiger partial charge in [0.05, 0.1) is 25.9 Å². The molecule has 0 aliphatic heterocycles. The molecule has 2 N–H and O–H groups in total. The molecule has 3 aromatic rings. The fourth-order valence-electron chi connectivity index (χ4n) is 2.29. The molecule has 0 spiro atoms. The molecule has 0 aliphatic rings. The number of nitrogens with zero attached hydrogens (tertiary/aromatic N) is 8. The lowest BCUT2D eigenvalue weighted by atomic mass is 10.3. The van der Waals surface area contributed by atoms with Crippen molar-refractivity contribution >= 4 is 22.0 Å². The third-order valence-electron chi connectivity index (χ3n) is 3.38. The molecule has 0 bridgehead atoms. The Kier molecular flexibility index (Phi) is 4.91. The molecule has 0 fully saturated rings. The van der Waals surface area contributed by atoms with E-state index in [4.69, 9.17) is 4.74 Å². The average Bonchev–Trinajstić information content (AvgIpc) is 3.19. The zero-order valence-corrected chi connectivity index (χ0v) is 16.1. The van der Waals surface area contributed by atoms with Crippen molar-refractivity contribution in [3.8, 4) is 17.3 Å². The molecule has 148 valence electrons. The van der Waals surface area contributed by atoms with Crippen LogP contribution in [0.4, 0.5) is 10.7 Å². The third-order valence-corrected chi connectivity index (χ3v) is 4.83. The van der Waals surface area contributed by atoms with E-state index < -0.39 is 16.1 Å². The molecule has 0 radical (unpaired) electrons. The van der Waals surface area contributed by atoms with Gasteiger partial charge < -0.3 is 4.74 Å². The van der Waals surface area contributed by atoms with Gasteiger partial charge >= 0.3 is 6.03 Å². The molecule has 0 atom stereocenters. The highest BCUT2D eigenvalue weighted by molar-refractivity contribution is 7.90. The van der Waals surface area contributed by atoms with E-state index in [9.17, 15) is 13.2 Å². The number of aryl methyl sites for hydroxylation is 3. The Balaban J connectivity index is 1.86. The van der Waals surface area contributed by atoms with Crippen LogP contribution >= 0.6 is 0 Å². The third kappa shape index (κ3) is 3.88. The van der Waals surface area contributed by atoms with Crippen molar-refractivity contribution in [2.45, 2.75) is 11.9 Å². The molecule has 28 heavy (non-hydrogen) atoms. The summed E-state index contributed by atoms with van der Waals surface area (Å²) in [6.45, 7) is 1.67. The standard InChI is InChI=1S/C13H16N10O4S/c1-7-5-9(27-4)16-12(15-7)17-13(24)20-28(25,26)11-8(6-14-22(11)2)10-18-21-23(3)19-10/h5-6H,1-4H3,(H2,15,16,17,20,24). The number of rotatable bonds is 5. The van der Waals surface area contributed by atoms with Crippen LogP contribution in [0.1, 0.15) is 5.69 Å². The Morgan fingerprint density at radius 3 is 2.64 bits per heavy atom. The van der Waals surface area contributed by atoms with E-state index in [1.54, 1.807) is 13.0 Å². The SMILES string of the molecule is COc1cc(C)nc(NC(=O)NS(=O)(=O)c2c(-c3nnn(C)n3)cnn2C)n1.